The van der Waals surface area contributed by atoms with Gasteiger partial charge < -0.3 is 5.32 Å². The standard InChI is InChI=1S/C19H24N4O3S/c1-20-19(24)16-4-6-18(7-5-16)27(25,26)22-17-8-11-23(12-9-17)14-15-3-2-10-21-13-15/h2-7,10,13,17,22H,8-9,11-12,14H2,1H3,(H,20,24). The Labute approximate surface area is 159 Å². The number of hydrogen-bond acceptors (Lipinski definition) is 5. The molecule has 8 heteroatoms. The van der Waals surface area contributed by atoms with Gasteiger partial charge in [0.2, 0.25) is 10.0 Å². The molecular weight excluding hydrogens is 364 g/mol. The van der Waals surface area contributed by atoms with Gasteiger partial charge >= 0.3 is 0 Å². The Morgan fingerprint density at radius 1 is 1.19 bits per heavy atom. The lowest BCUT2D eigenvalue weighted by molar-refractivity contribution is 0.0963. The number of likely N-dealkylation sites (tertiary alicyclic amines) is 1. The average molecular weight is 388 g/mol. The summed E-state index contributed by atoms with van der Waals surface area (Å²) in [5.41, 5.74) is 1.59. The van der Waals surface area contributed by atoms with E-state index in [-0.39, 0.29) is 16.8 Å². The van der Waals surface area contributed by atoms with Crippen LogP contribution in [0, 0.1) is 0 Å². The van der Waals surface area contributed by atoms with Gasteiger partial charge in [0, 0.05) is 50.7 Å². The van der Waals surface area contributed by atoms with E-state index in [1.165, 1.54) is 31.3 Å². The molecule has 144 valence electrons. The number of benzene rings is 1. The Morgan fingerprint density at radius 2 is 1.89 bits per heavy atom. The zero-order chi connectivity index (χ0) is 19.3. The summed E-state index contributed by atoms with van der Waals surface area (Å²) in [6.07, 6.45) is 5.13. The Hall–Kier alpha value is -2.29. The molecule has 7 nitrogen and oxygen atoms in total. The maximum Gasteiger partial charge on any atom is 0.251 e. The Bertz CT molecular complexity index is 862. The monoisotopic (exact) mass is 388 g/mol. The number of hydrogen-bond donors (Lipinski definition) is 2. The SMILES string of the molecule is CNC(=O)c1ccc(S(=O)(=O)NC2CCN(Cc3cccnc3)CC2)cc1. The van der Waals surface area contributed by atoms with Gasteiger partial charge in [-0.1, -0.05) is 6.07 Å². The van der Waals surface area contributed by atoms with Crippen LogP contribution >= 0.6 is 0 Å². The first-order valence-corrected chi connectivity index (χ1v) is 10.4. The number of piperidine rings is 1. The highest BCUT2D eigenvalue weighted by atomic mass is 32.2. The van der Waals surface area contributed by atoms with Gasteiger partial charge in [0.05, 0.1) is 4.90 Å². The number of carbonyl (C=O) groups excluding carboxylic acids is 1. The zero-order valence-electron chi connectivity index (χ0n) is 15.3. The van der Waals surface area contributed by atoms with Crippen LogP contribution in [0.2, 0.25) is 0 Å². The molecule has 0 radical (unpaired) electrons. The predicted molar refractivity (Wildman–Crippen MR) is 103 cm³/mol. The van der Waals surface area contributed by atoms with Gasteiger partial charge in [0.1, 0.15) is 0 Å². The van der Waals surface area contributed by atoms with Crippen LogP contribution in [0.3, 0.4) is 0 Å². The van der Waals surface area contributed by atoms with E-state index >= 15 is 0 Å². The Kier molecular flexibility index (Phi) is 6.20. The fraction of sp³-hybridized carbons (Fsp3) is 0.368. The summed E-state index contributed by atoms with van der Waals surface area (Å²) in [5, 5.41) is 2.51. The Balaban J connectivity index is 1.55. The summed E-state index contributed by atoms with van der Waals surface area (Å²) in [7, 11) is -2.06. The maximum atomic E-state index is 12.6. The third kappa shape index (κ3) is 5.12. The molecule has 0 unspecified atom stereocenters. The molecule has 0 saturated carbocycles. The largest absolute Gasteiger partial charge is 0.355 e. The summed E-state index contributed by atoms with van der Waals surface area (Å²) in [6.45, 7) is 2.49. The zero-order valence-corrected chi connectivity index (χ0v) is 16.1. The minimum absolute atomic E-state index is 0.0845. The molecule has 1 fully saturated rings. The summed E-state index contributed by atoms with van der Waals surface area (Å²) >= 11 is 0. The first-order chi connectivity index (χ1) is 13.0. The molecule has 0 atom stereocenters. The fourth-order valence-electron chi connectivity index (χ4n) is 3.18. The van der Waals surface area contributed by atoms with Gasteiger partial charge in [0.15, 0.2) is 0 Å². The molecule has 2 aromatic rings. The number of pyridine rings is 1. The molecule has 3 rings (SSSR count). The van der Waals surface area contributed by atoms with E-state index in [0.29, 0.717) is 5.56 Å². The molecule has 2 N–H and O–H groups in total. The highest BCUT2D eigenvalue weighted by Crippen LogP contribution is 2.17. The number of rotatable bonds is 6. The normalized spacial score (nSPS) is 16.2. The van der Waals surface area contributed by atoms with Crippen LogP contribution in [0.25, 0.3) is 0 Å². The van der Waals surface area contributed by atoms with E-state index in [1.54, 1.807) is 6.20 Å². The van der Waals surface area contributed by atoms with Crippen molar-refractivity contribution in [3.05, 3.63) is 59.9 Å². The predicted octanol–water partition coefficient (Wildman–Crippen LogP) is 1.38. The molecule has 27 heavy (non-hydrogen) atoms. The van der Waals surface area contributed by atoms with Crippen molar-refractivity contribution in [2.24, 2.45) is 0 Å². The number of amides is 1. The number of aromatic nitrogens is 1. The fourth-order valence-corrected chi connectivity index (χ4v) is 4.48. The number of nitrogens with zero attached hydrogens (tertiary/aromatic N) is 2. The van der Waals surface area contributed by atoms with Crippen LogP contribution in [-0.2, 0) is 16.6 Å². The van der Waals surface area contributed by atoms with Crippen molar-refractivity contribution in [2.45, 2.75) is 30.3 Å². The summed E-state index contributed by atoms with van der Waals surface area (Å²) < 4.78 is 28.0. The molecule has 1 aromatic carbocycles. The van der Waals surface area contributed by atoms with Crippen LogP contribution in [-0.4, -0.2) is 50.4 Å². The lowest BCUT2D eigenvalue weighted by Crippen LogP contribution is -2.44. The van der Waals surface area contributed by atoms with Crippen molar-refractivity contribution >= 4 is 15.9 Å². The summed E-state index contributed by atoms with van der Waals surface area (Å²) in [6, 6.07) is 9.84. The van der Waals surface area contributed by atoms with E-state index in [1.807, 2.05) is 18.3 Å². The second kappa shape index (κ2) is 8.60. The van der Waals surface area contributed by atoms with E-state index in [9.17, 15) is 13.2 Å². The van der Waals surface area contributed by atoms with Crippen molar-refractivity contribution in [1.29, 1.82) is 0 Å². The molecule has 1 amide bonds. The van der Waals surface area contributed by atoms with Crippen LogP contribution in [0.5, 0.6) is 0 Å². The third-order valence-corrected chi connectivity index (χ3v) is 6.23. The molecule has 0 aliphatic carbocycles. The van der Waals surface area contributed by atoms with Gasteiger partial charge in [-0.25, -0.2) is 13.1 Å². The highest BCUT2D eigenvalue weighted by molar-refractivity contribution is 7.89. The quantitative estimate of drug-likeness (QED) is 0.780. The van der Waals surface area contributed by atoms with Crippen molar-refractivity contribution in [3.8, 4) is 0 Å². The highest BCUT2D eigenvalue weighted by Gasteiger charge is 2.24. The number of carbonyl (C=O) groups is 1. The lowest BCUT2D eigenvalue weighted by Gasteiger charge is -2.32. The van der Waals surface area contributed by atoms with E-state index in [0.717, 1.165) is 38.0 Å². The smallest absolute Gasteiger partial charge is 0.251 e. The van der Waals surface area contributed by atoms with Crippen molar-refractivity contribution in [2.75, 3.05) is 20.1 Å². The van der Waals surface area contributed by atoms with Crippen molar-refractivity contribution < 1.29 is 13.2 Å². The van der Waals surface area contributed by atoms with Crippen molar-refractivity contribution in [3.63, 3.8) is 0 Å². The first-order valence-electron chi connectivity index (χ1n) is 8.93. The van der Waals surface area contributed by atoms with Gasteiger partial charge in [-0.2, -0.15) is 0 Å². The minimum atomic E-state index is -3.60. The lowest BCUT2D eigenvalue weighted by atomic mass is 10.1. The number of sulfonamides is 1. The van der Waals surface area contributed by atoms with Crippen molar-refractivity contribution in [1.82, 2.24) is 19.9 Å². The van der Waals surface area contributed by atoms with Gasteiger partial charge in [0.25, 0.3) is 5.91 Å². The molecule has 1 aliphatic heterocycles. The maximum absolute atomic E-state index is 12.6. The van der Waals surface area contributed by atoms with E-state index in [4.69, 9.17) is 0 Å². The minimum Gasteiger partial charge on any atom is -0.355 e. The number of nitrogens with one attached hydrogen (secondary N) is 2. The van der Waals surface area contributed by atoms with Crippen LogP contribution in [0.4, 0.5) is 0 Å². The molecule has 0 spiro atoms. The Morgan fingerprint density at radius 3 is 2.48 bits per heavy atom. The van der Waals surface area contributed by atoms with Gasteiger partial charge in [-0.15, -0.1) is 0 Å². The molecular formula is C19H24N4O3S. The summed E-state index contributed by atoms with van der Waals surface area (Å²) in [5.74, 6) is -0.243. The van der Waals surface area contributed by atoms with Gasteiger partial charge in [-0.05, 0) is 48.7 Å². The molecule has 2 heterocycles. The molecule has 0 bridgehead atoms. The van der Waals surface area contributed by atoms with Crippen LogP contribution < -0.4 is 10.0 Å². The van der Waals surface area contributed by atoms with E-state index < -0.39 is 10.0 Å². The second-order valence-electron chi connectivity index (χ2n) is 6.64. The molecule has 1 aliphatic rings. The second-order valence-corrected chi connectivity index (χ2v) is 8.35. The van der Waals surface area contributed by atoms with E-state index in [2.05, 4.69) is 19.9 Å². The molecule has 1 saturated heterocycles. The van der Waals surface area contributed by atoms with Gasteiger partial charge in [-0.3, -0.25) is 14.7 Å². The van der Waals surface area contributed by atoms with Crippen LogP contribution in [0.15, 0.2) is 53.7 Å². The van der Waals surface area contributed by atoms with Crippen LogP contribution in [0.1, 0.15) is 28.8 Å². The summed E-state index contributed by atoms with van der Waals surface area (Å²) in [4.78, 5) is 18.2. The third-order valence-electron chi connectivity index (χ3n) is 4.69. The first kappa shape index (κ1) is 19.5. The molecule has 1 aromatic heterocycles. The topological polar surface area (TPSA) is 91.4 Å². The average Bonchev–Trinajstić information content (AvgIpc) is 2.69.